The largest absolute Gasteiger partial charge is 0.456 e. The number of carbonyl (C=O) groups is 2. The smallest absolute Gasteiger partial charge is 0.307 e. The molecule has 0 unspecified atom stereocenters. The van der Waals surface area contributed by atoms with Crippen LogP contribution in [0.2, 0.25) is 5.02 Å². The Kier molecular flexibility index (Phi) is 7.34. The van der Waals surface area contributed by atoms with Crippen molar-refractivity contribution in [3.05, 3.63) is 58.6 Å². The third-order valence-electron chi connectivity index (χ3n) is 3.43. The van der Waals surface area contributed by atoms with Gasteiger partial charge in [0.1, 0.15) is 0 Å². The topological polar surface area (TPSA) is 55.4 Å². The summed E-state index contributed by atoms with van der Waals surface area (Å²) < 4.78 is 5.01. The molecule has 0 saturated heterocycles. The molecule has 25 heavy (non-hydrogen) atoms. The van der Waals surface area contributed by atoms with Crippen molar-refractivity contribution >= 4 is 40.9 Å². The number of aryl methyl sites for hydroxylation is 2. The van der Waals surface area contributed by atoms with Crippen molar-refractivity contribution < 1.29 is 14.3 Å². The number of hydrogen-bond acceptors (Lipinski definition) is 4. The highest BCUT2D eigenvalue weighted by Crippen LogP contribution is 2.20. The SMILES string of the molecule is Cc1ccc(SCCC(=O)OCC(=O)Nc2cc(Cl)ccc2C)cc1. The highest BCUT2D eigenvalue weighted by atomic mass is 35.5. The van der Waals surface area contributed by atoms with Crippen LogP contribution in [0.1, 0.15) is 17.5 Å². The van der Waals surface area contributed by atoms with Crippen molar-refractivity contribution in [3.8, 4) is 0 Å². The van der Waals surface area contributed by atoms with Gasteiger partial charge in [0.05, 0.1) is 6.42 Å². The number of nitrogens with one attached hydrogen (secondary N) is 1. The quantitative estimate of drug-likeness (QED) is 0.565. The van der Waals surface area contributed by atoms with Crippen LogP contribution in [0.25, 0.3) is 0 Å². The molecule has 2 aromatic carbocycles. The average Bonchev–Trinajstić information content (AvgIpc) is 2.58. The summed E-state index contributed by atoms with van der Waals surface area (Å²) in [6.07, 6.45) is 0.252. The molecule has 0 radical (unpaired) electrons. The lowest BCUT2D eigenvalue weighted by atomic mass is 10.2. The molecular weight excluding hydrogens is 358 g/mol. The molecule has 2 rings (SSSR count). The summed E-state index contributed by atoms with van der Waals surface area (Å²) in [5, 5.41) is 3.22. The van der Waals surface area contributed by atoms with Gasteiger partial charge in [0.25, 0.3) is 5.91 Å². The predicted molar refractivity (Wildman–Crippen MR) is 102 cm³/mol. The molecule has 0 aliphatic rings. The third kappa shape index (κ3) is 6.80. The molecule has 6 heteroatoms. The van der Waals surface area contributed by atoms with E-state index in [2.05, 4.69) is 5.32 Å². The molecule has 0 aliphatic carbocycles. The normalized spacial score (nSPS) is 10.4. The Bertz CT molecular complexity index is 747. The maximum absolute atomic E-state index is 11.9. The summed E-state index contributed by atoms with van der Waals surface area (Å²) in [4.78, 5) is 24.7. The van der Waals surface area contributed by atoms with Gasteiger partial charge >= 0.3 is 5.97 Å². The number of esters is 1. The molecule has 0 aromatic heterocycles. The van der Waals surface area contributed by atoms with E-state index in [-0.39, 0.29) is 18.9 Å². The van der Waals surface area contributed by atoms with Gasteiger partial charge in [-0.2, -0.15) is 0 Å². The number of halogens is 1. The molecule has 0 spiro atoms. The van der Waals surface area contributed by atoms with Gasteiger partial charge in [0, 0.05) is 21.4 Å². The maximum atomic E-state index is 11.9. The molecule has 0 bridgehead atoms. The lowest BCUT2D eigenvalue weighted by molar-refractivity contribution is -0.146. The van der Waals surface area contributed by atoms with E-state index in [4.69, 9.17) is 16.3 Å². The molecule has 0 aliphatic heterocycles. The molecule has 1 N–H and O–H groups in total. The zero-order valence-electron chi connectivity index (χ0n) is 14.2. The van der Waals surface area contributed by atoms with Crippen LogP contribution in [-0.4, -0.2) is 24.2 Å². The number of hydrogen-bond donors (Lipinski definition) is 1. The summed E-state index contributed by atoms with van der Waals surface area (Å²) in [5.74, 6) is -0.167. The van der Waals surface area contributed by atoms with Crippen molar-refractivity contribution in [2.24, 2.45) is 0 Å². The molecule has 2 aromatic rings. The molecule has 4 nitrogen and oxygen atoms in total. The number of benzene rings is 2. The van der Waals surface area contributed by atoms with Crippen molar-refractivity contribution in [1.82, 2.24) is 0 Å². The standard InChI is InChI=1S/C19H20ClNO3S/c1-13-3-7-16(8-4-13)25-10-9-19(23)24-12-18(22)21-17-11-15(20)6-5-14(17)2/h3-8,11H,9-10,12H2,1-2H3,(H,21,22). The fourth-order valence-electron chi connectivity index (χ4n) is 2.02. The second-order valence-corrected chi connectivity index (χ2v) is 7.18. The minimum atomic E-state index is -0.391. The first-order valence-electron chi connectivity index (χ1n) is 7.85. The Morgan fingerprint density at radius 1 is 1.12 bits per heavy atom. The maximum Gasteiger partial charge on any atom is 0.307 e. The third-order valence-corrected chi connectivity index (χ3v) is 4.68. The van der Waals surface area contributed by atoms with Gasteiger partial charge in [-0.25, -0.2) is 0 Å². The minimum Gasteiger partial charge on any atom is -0.456 e. The van der Waals surface area contributed by atoms with Crippen LogP contribution in [0.4, 0.5) is 5.69 Å². The van der Waals surface area contributed by atoms with Crippen LogP contribution in [0.15, 0.2) is 47.4 Å². The van der Waals surface area contributed by atoms with Crippen LogP contribution in [-0.2, 0) is 14.3 Å². The van der Waals surface area contributed by atoms with Crippen molar-refractivity contribution in [2.75, 3.05) is 17.7 Å². The van der Waals surface area contributed by atoms with Crippen LogP contribution in [0, 0.1) is 13.8 Å². The van der Waals surface area contributed by atoms with Crippen LogP contribution < -0.4 is 5.32 Å². The van der Waals surface area contributed by atoms with E-state index in [9.17, 15) is 9.59 Å². The van der Waals surface area contributed by atoms with Gasteiger partial charge in [-0.3, -0.25) is 9.59 Å². The number of ether oxygens (including phenoxy) is 1. The van der Waals surface area contributed by atoms with Gasteiger partial charge in [0.15, 0.2) is 6.61 Å². The Morgan fingerprint density at radius 3 is 2.56 bits per heavy atom. The Balaban J connectivity index is 1.69. The van der Waals surface area contributed by atoms with Crippen LogP contribution in [0.5, 0.6) is 0 Å². The van der Waals surface area contributed by atoms with E-state index < -0.39 is 5.97 Å². The fraction of sp³-hybridized carbons (Fsp3) is 0.263. The monoisotopic (exact) mass is 377 g/mol. The zero-order chi connectivity index (χ0) is 18.2. The van der Waals surface area contributed by atoms with E-state index in [1.165, 1.54) is 5.56 Å². The van der Waals surface area contributed by atoms with Crippen LogP contribution in [0.3, 0.4) is 0 Å². The number of carbonyl (C=O) groups excluding carboxylic acids is 2. The number of rotatable bonds is 7. The van der Waals surface area contributed by atoms with E-state index in [1.54, 1.807) is 23.9 Å². The highest BCUT2D eigenvalue weighted by Gasteiger charge is 2.09. The lowest BCUT2D eigenvalue weighted by Gasteiger charge is -2.09. The molecule has 0 saturated carbocycles. The Morgan fingerprint density at radius 2 is 1.84 bits per heavy atom. The number of amides is 1. The van der Waals surface area contributed by atoms with Crippen molar-refractivity contribution in [1.29, 1.82) is 0 Å². The first-order chi connectivity index (χ1) is 11.9. The predicted octanol–water partition coefficient (Wildman–Crippen LogP) is 4.62. The van der Waals surface area contributed by atoms with Crippen LogP contribution >= 0.6 is 23.4 Å². The molecule has 0 atom stereocenters. The minimum absolute atomic E-state index is 0.252. The Hall–Kier alpha value is -1.98. The van der Waals surface area contributed by atoms with Gasteiger partial charge in [-0.15, -0.1) is 11.8 Å². The summed E-state index contributed by atoms with van der Waals surface area (Å²) in [5.41, 5.74) is 2.70. The molecule has 0 heterocycles. The van der Waals surface area contributed by atoms with Gasteiger partial charge in [0.2, 0.25) is 0 Å². The van der Waals surface area contributed by atoms with E-state index in [0.29, 0.717) is 16.5 Å². The first-order valence-corrected chi connectivity index (χ1v) is 9.21. The summed E-state index contributed by atoms with van der Waals surface area (Å²) in [7, 11) is 0. The van der Waals surface area contributed by atoms with Gasteiger partial charge in [-0.05, 0) is 43.7 Å². The van der Waals surface area contributed by atoms with Crippen molar-refractivity contribution in [3.63, 3.8) is 0 Å². The summed E-state index contributed by atoms with van der Waals surface area (Å²) in [6.45, 7) is 3.59. The number of anilines is 1. The average molecular weight is 378 g/mol. The molecule has 1 amide bonds. The second kappa shape index (κ2) is 9.49. The molecule has 0 fully saturated rings. The van der Waals surface area contributed by atoms with E-state index >= 15 is 0 Å². The zero-order valence-corrected chi connectivity index (χ0v) is 15.7. The summed E-state index contributed by atoms with van der Waals surface area (Å²) >= 11 is 7.49. The number of thioether (sulfide) groups is 1. The fourth-order valence-corrected chi connectivity index (χ4v) is 3.03. The Labute approximate surface area is 156 Å². The highest BCUT2D eigenvalue weighted by molar-refractivity contribution is 7.99. The summed E-state index contributed by atoms with van der Waals surface area (Å²) in [6, 6.07) is 13.3. The first kappa shape index (κ1) is 19.3. The van der Waals surface area contributed by atoms with E-state index in [0.717, 1.165) is 10.5 Å². The molecular formula is C19H20ClNO3S. The second-order valence-electron chi connectivity index (χ2n) is 5.58. The molecule has 132 valence electrons. The lowest BCUT2D eigenvalue weighted by Crippen LogP contribution is -2.21. The van der Waals surface area contributed by atoms with Crippen molar-refractivity contribution in [2.45, 2.75) is 25.2 Å². The van der Waals surface area contributed by atoms with E-state index in [1.807, 2.05) is 44.2 Å². The van der Waals surface area contributed by atoms with Gasteiger partial charge < -0.3 is 10.1 Å². The van der Waals surface area contributed by atoms with Gasteiger partial charge in [-0.1, -0.05) is 35.4 Å².